The van der Waals surface area contributed by atoms with Crippen LogP contribution in [0.4, 0.5) is 5.00 Å². The van der Waals surface area contributed by atoms with E-state index in [2.05, 4.69) is 17.2 Å². The third-order valence-corrected chi connectivity index (χ3v) is 4.57. The monoisotopic (exact) mass is 375 g/mol. The number of ether oxygens (including phenoxy) is 1. The van der Waals surface area contributed by atoms with Crippen molar-refractivity contribution in [2.24, 2.45) is 0 Å². The average molecular weight is 375 g/mol. The van der Waals surface area contributed by atoms with Crippen molar-refractivity contribution in [2.45, 2.75) is 6.92 Å². The second-order valence-electron chi connectivity index (χ2n) is 5.51. The maximum atomic E-state index is 12.5. The molecular weight excluding hydrogens is 358 g/mol. The molecule has 0 unspecified atom stereocenters. The minimum atomic E-state index is -0.481. The van der Waals surface area contributed by atoms with E-state index in [1.54, 1.807) is 6.92 Å². The van der Waals surface area contributed by atoms with Crippen molar-refractivity contribution >= 4 is 28.2 Å². The van der Waals surface area contributed by atoms with E-state index in [0.29, 0.717) is 10.6 Å². The molecule has 134 valence electrons. The standard InChI is InChI=1S/C22H17NO3S/c1-2-26-22(25)20-18(17-11-7-4-8-12-17)15-27-21(20)23-19(24)14-13-16-9-5-3-6-10-16/h3-12,15H,2H2,1H3,(H,23,24). The highest BCUT2D eigenvalue weighted by Gasteiger charge is 2.22. The Labute approximate surface area is 161 Å². The molecule has 0 fully saturated rings. The smallest absolute Gasteiger partial charge is 0.341 e. The van der Waals surface area contributed by atoms with Crippen LogP contribution in [0.5, 0.6) is 0 Å². The lowest BCUT2D eigenvalue weighted by Gasteiger charge is -2.07. The van der Waals surface area contributed by atoms with Gasteiger partial charge in [0.15, 0.2) is 0 Å². The van der Waals surface area contributed by atoms with Crippen LogP contribution in [0.3, 0.4) is 0 Å². The quantitative estimate of drug-likeness (QED) is 0.536. The molecule has 0 spiro atoms. The van der Waals surface area contributed by atoms with E-state index in [9.17, 15) is 9.59 Å². The van der Waals surface area contributed by atoms with Crippen molar-refractivity contribution in [2.75, 3.05) is 11.9 Å². The van der Waals surface area contributed by atoms with Crippen LogP contribution in [-0.2, 0) is 9.53 Å². The first-order chi connectivity index (χ1) is 13.2. The first-order valence-corrected chi connectivity index (χ1v) is 9.29. The zero-order valence-electron chi connectivity index (χ0n) is 14.7. The van der Waals surface area contributed by atoms with Gasteiger partial charge in [0.05, 0.1) is 6.61 Å². The number of carbonyl (C=O) groups is 2. The molecule has 0 radical (unpaired) electrons. The fourth-order valence-electron chi connectivity index (χ4n) is 2.47. The van der Waals surface area contributed by atoms with Gasteiger partial charge in [0, 0.05) is 22.4 Å². The van der Waals surface area contributed by atoms with Gasteiger partial charge in [0.2, 0.25) is 0 Å². The Balaban J connectivity index is 1.89. The molecule has 1 aromatic heterocycles. The molecule has 5 heteroatoms. The molecule has 1 N–H and O–H groups in total. The Kier molecular flexibility index (Phi) is 6.03. The lowest BCUT2D eigenvalue weighted by atomic mass is 10.0. The molecular formula is C22H17NO3S. The molecule has 1 amide bonds. The molecule has 0 bridgehead atoms. The Morgan fingerprint density at radius 1 is 1.04 bits per heavy atom. The summed E-state index contributed by atoms with van der Waals surface area (Å²) in [6, 6.07) is 18.7. The summed E-state index contributed by atoms with van der Waals surface area (Å²) in [5, 5.41) is 4.98. The molecule has 2 aromatic carbocycles. The Bertz CT molecular complexity index is 998. The zero-order chi connectivity index (χ0) is 19.1. The third kappa shape index (κ3) is 4.63. The SMILES string of the molecule is CCOC(=O)c1c(-c2ccccc2)csc1NC(=O)C#Cc1ccccc1. The first-order valence-electron chi connectivity index (χ1n) is 8.41. The molecule has 0 saturated heterocycles. The number of hydrogen-bond acceptors (Lipinski definition) is 4. The second-order valence-corrected chi connectivity index (χ2v) is 6.39. The van der Waals surface area contributed by atoms with Crippen molar-refractivity contribution in [1.29, 1.82) is 0 Å². The lowest BCUT2D eigenvalue weighted by molar-refractivity contribution is -0.111. The van der Waals surface area contributed by atoms with E-state index in [0.717, 1.165) is 16.7 Å². The van der Waals surface area contributed by atoms with Crippen molar-refractivity contribution in [3.05, 3.63) is 77.2 Å². The number of carbonyl (C=O) groups excluding carboxylic acids is 2. The molecule has 0 aliphatic rings. The minimum Gasteiger partial charge on any atom is -0.462 e. The normalized spacial score (nSPS) is 9.81. The summed E-state index contributed by atoms with van der Waals surface area (Å²) in [6.07, 6.45) is 0. The van der Waals surface area contributed by atoms with Gasteiger partial charge in [0.1, 0.15) is 10.6 Å². The van der Waals surface area contributed by atoms with Crippen LogP contribution in [0.2, 0.25) is 0 Å². The van der Waals surface area contributed by atoms with Gasteiger partial charge in [-0.05, 0) is 24.6 Å². The zero-order valence-corrected chi connectivity index (χ0v) is 15.5. The summed E-state index contributed by atoms with van der Waals surface area (Å²) >= 11 is 1.27. The van der Waals surface area contributed by atoms with Crippen LogP contribution in [0.1, 0.15) is 22.8 Å². The van der Waals surface area contributed by atoms with Crippen molar-refractivity contribution in [3.63, 3.8) is 0 Å². The molecule has 1 heterocycles. The van der Waals surface area contributed by atoms with Gasteiger partial charge in [-0.2, -0.15) is 0 Å². The van der Waals surface area contributed by atoms with Gasteiger partial charge in [0.25, 0.3) is 0 Å². The highest BCUT2D eigenvalue weighted by molar-refractivity contribution is 7.15. The minimum absolute atomic E-state index is 0.254. The van der Waals surface area contributed by atoms with Gasteiger partial charge in [-0.25, -0.2) is 4.79 Å². The number of benzene rings is 2. The largest absolute Gasteiger partial charge is 0.462 e. The molecule has 0 saturated carbocycles. The molecule has 3 aromatic rings. The van der Waals surface area contributed by atoms with Crippen molar-refractivity contribution in [3.8, 4) is 23.0 Å². The van der Waals surface area contributed by atoms with Gasteiger partial charge in [-0.15, -0.1) is 11.3 Å². The number of thiophene rings is 1. The Hall–Kier alpha value is -3.36. The van der Waals surface area contributed by atoms with E-state index in [-0.39, 0.29) is 6.61 Å². The molecule has 0 aliphatic carbocycles. The summed E-state index contributed by atoms with van der Waals surface area (Å²) in [5.41, 5.74) is 2.70. The number of anilines is 1. The van der Waals surface area contributed by atoms with Crippen molar-refractivity contribution < 1.29 is 14.3 Å². The number of nitrogens with one attached hydrogen (secondary N) is 1. The van der Waals surface area contributed by atoms with Gasteiger partial charge in [-0.3, -0.25) is 4.79 Å². The van der Waals surface area contributed by atoms with Gasteiger partial charge < -0.3 is 10.1 Å². The van der Waals surface area contributed by atoms with Crippen LogP contribution in [0, 0.1) is 11.8 Å². The van der Waals surface area contributed by atoms with Crippen LogP contribution in [-0.4, -0.2) is 18.5 Å². The lowest BCUT2D eigenvalue weighted by Crippen LogP contribution is -2.13. The fraction of sp³-hybridized carbons (Fsp3) is 0.0909. The van der Waals surface area contributed by atoms with Crippen molar-refractivity contribution in [1.82, 2.24) is 0 Å². The topological polar surface area (TPSA) is 55.4 Å². The van der Waals surface area contributed by atoms with Gasteiger partial charge in [-0.1, -0.05) is 54.5 Å². The predicted octanol–water partition coefficient (Wildman–Crippen LogP) is 4.58. The Morgan fingerprint density at radius 3 is 2.37 bits per heavy atom. The maximum absolute atomic E-state index is 12.5. The molecule has 4 nitrogen and oxygen atoms in total. The summed E-state index contributed by atoms with van der Waals surface area (Å²) < 4.78 is 5.18. The summed E-state index contributed by atoms with van der Waals surface area (Å²) in [7, 11) is 0. The fourth-order valence-corrected chi connectivity index (χ4v) is 3.42. The predicted molar refractivity (Wildman–Crippen MR) is 108 cm³/mol. The van der Waals surface area contributed by atoms with E-state index < -0.39 is 11.9 Å². The summed E-state index contributed by atoms with van der Waals surface area (Å²) in [5.74, 6) is 4.40. The number of amides is 1. The van der Waals surface area contributed by atoms with E-state index in [1.807, 2.05) is 66.0 Å². The van der Waals surface area contributed by atoms with E-state index >= 15 is 0 Å². The maximum Gasteiger partial charge on any atom is 0.341 e. The first kappa shape index (κ1) is 18.4. The van der Waals surface area contributed by atoms with Crippen LogP contribution in [0.15, 0.2) is 66.0 Å². The van der Waals surface area contributed by atoms with Gasteiger partial charge >= 0.3 is 11.9 Å². The number of esters is 1. The highest BCUT2D eigenvalue weighted by atomic mass is 32.1. The summed E-state index contributed by atoms with van der Waals surface area (Å²) in [4.78, 5) is 24.7. The molecule has 27 heavy (non-hydrogen) atoms. The second kappa shape index (κ2) is 8.84. The number of rotatable bonds is 4. The highest BCUT2D eigenvalue weighted by Crippen LogP contribution is 2.36. The molecule has 0 atom stereocenters. The third-order valence-electron chi connectivity index (χ3n) is 3.68. The number of hydrogen-bond donors (Lipinski definition) is 1. The Morgan fingerprint density at radius 2 is 1.70 bits per heavy atom. The molecule has 0 aliphatic heterocycles. The summed E-state index contributed by atoms with van der Waals surface area (Å²) in [6.45, 7) is 2.00. The average Bonchev–Trinajstić information content (AvgIpc) is 3.11. The van der Waals surface area contributed by atoms with Crippen LogP contribution < -0.4 is 5.32 Å². The van der Waals surface area contributed by atoms with Crippen LogP contribution in [0.25, 0.3) is 11.1 Å². The van der Waals surface area contributed by atoms with Crippen LogP contribution >= 0.6 is 11.3 Å². The molecule has 3 rings (SSSR count). The van der Waals surface area contributed by atoms with E-state index in [1.165, 1.54) is 11.3 Å². The van der Waals surface area contributed by atoms with E-state index in [4.69, 9.17) is 4.74 Å².